The smallest absolute Gasteiger partial charge is 0.251 e. The number of carbonyl (C=O) groups is 1. The van der Waals surface area contributed by atoms with Crippen LogP contribution < -0.4 is 15.6 Å². The van der Waals surface area contributed by atoms with E-state index >= 15 is 0 Å². The molecule has 0 bridgehead atoms. The predicted octanol–water partition coefficient (Wildman–Crippen LogP) is 4.27. The minimum atomic E-state index is -0.184. The van der Waals surface area contributed by atoms with Crippen molar-refractivity contribution in [3.05, 3.63) is 63.9 Å². The fourth-order valence-corrected chi connectivity index (χ4v) is 4.42. The molecule has 1 amide bonds. The van der Waals surface area contributed by atoms with Crippen LogP contribution in [0.3, 0.4) is 0 Å². The number of para-hydroxylation sites is 1. The second-order valence-corrected chi connectivity index (χ2v) is 7.99. The van der Waals surface area contributed by atoms with Gasteiger partial charge in [-0.15, -0.1) is 0 Å². The maximum atomic E-state index is 12.6. The molecule has 0 aliphatic rings. The summed E-state index contributed by atoms with van der Waals surface area (Å²) >= 11 is 1.44. The molecule has 2 heterocycles. The van der Waals surface area contributed by atoms with Crippen molar-refractivity contribution in [1.82, 2.24) is 9.55 Å². The number of hydrogen-bond acceptors (Lipinski definition) is 5. The van der Waals surface area contributed by atoms with E-state index in [1.165, 1.54) is 11.3 Å². The number of amides is 1. The Balaban J connectivity index is 1.57. The first kappa shape index (κ1) is 19.1. The average molecular weight is 407 g/mol. The molecule has 0 fully saturated rings. The van der Waals surface area contributed by atoms with Gasteiger partial charge < -0.3 is 14.6 Å². The number of ether oxygens (including phenoxy) is 1. The third-order valence-corrected chi connectivity index (χ3v) is 5.81. The average Bonchev–Trinajstić information content (AvgIpc) is 3.08. The molecular weight excluding hydrogens is 386 g/mol. The van der Waals surface area contributed by atoms with Crippen molar-refractivity contribution in [1.29, 1.82) is 0 Å². The minimum absolute atomic E-state index is 0.150. The van der Waals surface area contributed by atoms with Gasteiger partial charge in [0.2, 0.25) is 5.91 Å². The molecular formula is C22H21N3O3S. The summed E-state index contributed by atoms with van der Waals surface area (Å²) in [6.07, 6.45) is 0.158. The molecule has 2 aromatic carbocycles. The lowest BCUT2D eigenvalue weighted by Gasteiger charge is -2.14. The Labute approximate surface area is 171 Å². The molecule has 0 radical (unpaired) electrons. The normalized spacial score (nSPS) is 11.1. The Morgan fingerprint density at radius 2 is 2.03 bits per heavy atom. The number of nitrogens with zero attached hydrogens (tertiary/aromatic N) is 2. The van der Waals surface area contributed by atoms with E-state index < -0.39 is 0 Å². The van der Waals surface area contributed by atoms with E-state index in [9.17, 15) is 9.59 Å². The first-order valence-corrected chi connectivity index (χ1v) is 10.1. The summed E-state index contributed by atoms with van der Waals surface area (Å²) in [4.78, 5) is 29.6. The number of anilines is 1. The van der Waals surface area contributed by atoms with Gasteiger partial charge in [-0.05, 0) is 43.2 Å². The monoisotopic (exact) mass is 407 g/mol. The van der Waals surface area contributed by atoms with E-state index in [4.69, 9.17) is 4.74 Å². The molecule has 4 aromatic rings. The molecule has 0 saturated heterocycles. The Morgan fingerprint density at radius 1 is 1.21 bits per heavy atom. The van der Waals surface area contributed by atoms with Crippen molar-refractivity contribution >= 4 is 43.5 Å². The van der Waals surface area contributed by atoms with Crippen LogP contribution in [0.4, 0.5) is 5.13 Å². The Kier molecular flexibility index (Phi) is 5.07. The number of fused-ring (bicyclic) bond motifs is 2. The van der Waals surface area contributed by atoms with Gasteiger partial charge in [-0.2, -0.15) is 0 Å². The Bertz CT molecular complexity index is 1290. The summed E-state index contributed by atoms with van der Waals surface area (Å²) in [5.74, 6) is 0.432. The lowest BCUT2D eigenvalue weighted by molar-refractivity contribution is -0.116. The van der Waals surface area contributed by atoms with Crippen molar-refractivity contribution in [2.45, 2.75) is 26.8 Å². The number of methoxy groups -OCH3 is 1. The topological polar surface area (TPSA) is 73.2 Å². The van der Waals surface area contributed by atoms with Crippen LogP contribution in [-0.2, 0) is 11.3 Å². The maximum Gasteiger partial charge on any atom is 0.251 e. The van der Waals surface area contributed by atoms with Gasteiger partial charge in [-0.3, -0.25) is 9.59 Å². The first-order valence-electron chi connectivity index (χ1n) is 9.30. The van der Waals surface area contributed by atoms with E-state index in [1.807, 2.05) is 50.2 Å². The van der Waals surface area contributed by atoms with E-state index in [-0.39, 0.29) is 24.4 Å². The number of benzene rings is 2. The zero-order valence-corrected chi connectivity index (χ0v) is 17.3. The lowest BCUT2D eigenvalue weighted by Crippen LogP contribution is -2.24. The van der Waals surface area contributed by atoms with Crippen molar-refractivity contribution in [2.24, 2.45) is 0 Å². The number of hydrogen-bond donors (Lipinski definition) is 1. The van der Waals surface area contributed by atoms with Crippen molar-refractivity contribution in [3.8, 4) is 5.75 Å². The van der Waals surface area contributed by atoms with E-state index in [0.29, 0.717) is 16.4 Å². The van der Waals surface area contributed by atoms with Gasteiger partial charge in [0.25, 0.3) is 5.56 Å². The van der Waals surface area contributed by atoms with Gasteiger partial charge in [-0.1, -0.05) is 29.5 Å². The molecule has 2 aromatic heterocycles. The maximum absolute atomic E-state index is 12.6. The molecule has 0 atom stereocenters. The van der Waals surface area contributed by atoms with Crippen molar-refractivity contribution in [2.75, 3.05) is 12.4 Å². The summed E-state index contributed by atoms with van der Waals surface area (Å²) in [5.41, 5.74) is 3.46. The molecule has 7 heteroatoms. The second-order valence-electron chi connectivity index (χ2n) is 6.96. The highest BCUT2D eigenvalue weighted by Gasteiger charge is 2.13. The highest BCUT2D eigenvalue weighted by molar-refractivity contribution is 7.22. The number of aromatic nitrogens is 2. The summed E-state index contributed by atoms with van der Waals surface area (Å²) in [6, 6.07) is 13.2. The van der Waals surface area contributed by atoms with Crippen LogP contribution in [0, 0.1) is 13.8 Å². The Hall–Kier alpha value is -3.19. The third-order valence-electron chi connectivity index (χ3n) is 4.87. The fourth-order valence-electron chi connectivity index (χ4n) is 3.44. The number of thiazole rings is 1. The van der Waals surface area contributed by atoms with Gasteiger partial charge in [0.15, 0.2) is 5.13 Å². The van der Waals surface area contributed by atoms with E-state index in [1.54, 1.807) is 17.7 Å². The highest BCUT2D eigenvalue weighted by atomic mass is 32.1. The number of nitrogens with one attached hydrogen (secondary N) is 1. The molecule has 148 valence electrons. The predicted molar refractivity (Wildman–Crippen MR) is 117 cm³/mol. The van der Waals surface area contributed by atoms with Gasteiger partial charge in [0.1, 0.15) is 5.75 Å². The highest BCUT2D eigenvalue weighted by Crippen LogP contribution is 2.28. The SMILES string of the molecule is COc1cccc2c(C)cc(=O)n(CCC(=O)Nc3nc4ccc(C)cc4s3)c12. The third kappa shape index (κ3) is 3.73. The molecule has 0 aliphatic carbocycles. The van der Waals surface area contributed by atoms with Crippen molar-refractivity contribution < 1.29 is 9.53 Å². The lowest BCUT2D eigenvalue weighted by atomic mass is 10.1. The quantitative estimate of drug-likeness (QED) is 0.536. The zero-order valence-electron chi connectivity index (χ0n) is 16.5. The first-order chi connectivity index (χ1) is 14.0. The van der Waals surface area contributed by atoms with Crippen LogP contribution in [0.1, 0.15) is 17.5 Å². The van der Waals surface area contributed by atoms with Crippen LogP contribution >= 0.6 is 11.3 Å². The van der Waals surface area contributed by atoms with E-state index in [0.717, 1.165) is 26.7 Å². The molecule has 0 saturated carbocycles. The molecule has 0 unspecified atom stereocenters. The van der Waals surface area contributed by atoms with Crippen LogP contribution in [0.15, 0.2) is 47.3 Å². The molecule has 0 aliphatic heterocycles. The second kappa shape index (κ2) is 7.67. The van der Waals surface area contributed by atoms with Gasteiger partial charge in [0, 0.05) is 24.4 Å². The van der Waals surface area contributed by atoms with E-state index in [2.05, 4.69) is 10.3 Å². The van der Waals surface area contributed by atoms with Crippen molar-refractivity contribution in [3.63, 3.8) is 0 Å². The summed E-state index contributed by atoms with van der Waals surface area (Å²) in [6.45, 7) is 4.18. The van der Waals surface area contributed by atoms with Crippen LogP contribution in [-0.4, -0.2) is 22.6 Å². The summed E-state index contributed by atoms with van der Waals surface area (Å²) in [5, 5.41) is 4.35. The van der Waals surface area contributed by atoms with Crippen LogP contribution in [0.25, 0.3) is 21.1 Å². The molecule has 1 N–H and O–H groups in total. The standard InChI is InChI=1S/C22H21N3O3S/c1-13-7-8-16-18(11-13)29-22(23-16)24-19(26)9-10-25-20(27)12-14(2)15-5-4-6-17(28-3)21(15)25/h4-8,11-12H,9-10H2,1-3H3,(H,23,24,26). The number of pyridine rings is 1. The number of aryl methyl sites for hydroxylation is 3. The number of rotatable bonds is 5. The minimum Gasteiger partial charge on any atom is -0.495 e. The van der Waals surface area contributed by atoms with Gasteiger partial charge in [0.05, 0.1) is 22.8 Å². The number of carbonyl (C=O) groups excluding carboxylic acids is 1. The van der Waals surface area contributed by atoms with Gasteiger partial charge in [-0.25, -0.2) is 4.98 Å². The summed E-state index contributed by atoms with van der Waals surface area (Å²) in [7, 11) is 1.58. The molecule has 29 heavy (non-hydrogen) atoms. The summed E-state index contributed by atoms with van der Waals surface area (Å²) < 4.78 is 8.09. The zero-order chi connectivity index (χ0) is 20.5. The van der Waals surface area contributed by atoms with Crippen LogP contribution in [0.5, 0.6) is 5.75 Å². The largest absolute Gasteiger partial charge is 0.495 e. The Morgan fingerprint density at radius 3 is 2.83 bits per heavy atom. The molecule has 4 rings (SSSR count). The molecule has 6 nitrogen and oxygen atoms in total. The van der Waals surface area contributed by atoms with Gasteiger partial charge >= 0.3 is 0 Å². The van der Waals surface area contributed by atoms with Crippen LogP contribution in [0.2, 0.25) is 0 Å². The molecule has 0 spiro atoms. The fraction of sp³-hybridized carbons (Fsp3) is 0.227.